The Labute approximate surface area is 218 Å². The minimum absolute atomic E-state index is 0.0493. The summed E-state index contributed by atoms with van der Waals surface area (Å²) in [5.74, 6) is 1.48. The van der Waals surface area contributed by atoms with E-state index in [1.165, 1.54) is 5.56 Å². The maximum absolute atomic E-state index is 13.6. The lowest BCUT2D eigenvalue weighted by atomic mass is 9.80. The van der Waals surface area contributed by atoms with Crippen molar-refractivity contribution in [2.75, 3.05) is 46.2 Å². The van der Waals surface area contributed by atoms with Crippen LogP contribution >= 0.6 is 0 Å². The van der Waals surface area contributed by atoms with Gasteiger partial charge in [-0.25, -0.2) is 0 Å². The molecule has 0 bridgehead atoms. The van der Waals surface area contributed by atoms with E-state index in [0.717, 1.165) is 30.9 Å². The molecule has 5 rings (SSSR count). The molecule has 0 aromatic heterocycles. The van der Waals surface area contributed by atoms with Crippen molar-refractivity contribution < 1.29 is 28.8 Å². The Hall–Kier alpha value is -3.07. The lowest BCUT2D eigenvalue weighted by Gasteiger charge is -2.39. The van der Waals surface area contributed by atoms with Crippen LogP contribution in [0.2, 0.25) is 0 Å². The van der Waals surface area contributed by atoms with Gasteiger partial charge >= 0.3 is 0 Å². The number of ether oxygens (including phenoxy) is 4. The zero-order chi connectivity index (χ0) is 25.6. The molecule has 2 aromatic rings. The van der Waals surface area contributed by atoms with Crippen LogP contribution in [0.5, 0.6) is 11.5 Å². The molecule has 1 fully saturated rings. The highest BCUT2D eigenvalue weighted by Crippen LogP contribution is 2.43. The van der Waals surface area contributed by atoms with Crippen molar-refractivity contribution >= 4 is 5.91 Å². The first-order valence-corrected chi connectivity index (χ1v) is 13.2. The maximum atomic E-state index is 13.6. The molecule has 0 radical (unpaired) electrons. The number of aliphatic hydroxyl groups is 1. The van der Waals surface area contributed by atoms with E-state index >= 15 is 0 Å². The number of allylic oxidation sites excluding steroid dienone is 1. The lowest BCUT2D eigenvalue weighted by molar-refractivity contribution is -0.171. The Bertz CT molecular complexity index is 1080. The van der Waals surface area contributed by atoms with E-state index in [-0.39, 0.29) is 31.1 Å². The Morgan fingerprint density at radius 3 is 2.59 bits per heavy atom. The summed E-state index contributed by atoms with van der Waals surface area (Å²) in [5, 5.41) is 9.52. The number of aliphatic hydroxyl groups excluding tert-OH is 1. The van der Waals surface area contributed by atoms with Gasteiger partial charge in [-0.3, -0.25) is 9.69 Å². The van der Waals surface area contributed by atoms with Crippen LogP contribution in [-0.4, -0.2) is 73.3 Å². The predicted octanol–water partition coefficient (Wildman–Crippen LogP) is 3.51. The third kappa shape index (κ3) is 5.92. The van der Waals surface area contributed by atoms with Crippen molar-refractivity contribution in [3.8, 4) is 11.5 Å². The van der Waals surface area contributed by atoms with Crippen molar-refractivity contribution in [1.29, 1.82) is 0 Å². The molecule has 1 N–H and O–H groups in total. The third-order valence-corrected chi connectivity index (χ3v) is 7.31. The number of nitrogens with zero attached hydrogens (tertiary/aromatic N) is 2. The molecule has 0 spiro atoms. The maximum Gasteiger partial charge on any atom is 0.288 e. The molecule has 3 heterocycles. The minimum Gasteiger partial charge on any atom is -0.459 e. The number of amides is 1. The van der Waals surface area contributed by atoms with E-state index in [1.807, 2.05) is 42.2 Å². The van der Waals surface area contributed by atoms with Gasteiger partial charge in [0.2, 0.25) is 13.1 Å². The van der Waals surface area contributed by atoms with Gasteiger partial charge in [-0.2, -0.15) is 0 Å². The fourth-order valence-electron chi connectivity index (χ4n) is 5.36. The van der Waals surface area contributed by atoms with E-state index < -0.39 is 6.29 Å². The molecule has 0 saturated carbocycles. The van der Waals surface area contributed by atoms with Gasteiger partial charge in [0, 0.05) is 57.8 Å². The lowest BCUT2D eigenvalue weighted by Crippen LogP contribution is -2.49. The highest BCUT2D eigenvalue weighted by Gasteiger charge is 2.39. The van der Waals surface area contributed by atoms with E-state index in [4.69, 9.17) is 18.9 Å². The normalized spacial score (nSPS) is 23.5. The molecule has 0 unspecified atom stereocenters. The number of carbonyl (C=O) groups is 1. The standard InChI is InChI=1S/C29H36N2O6/c1-2-34-29-23(9-6-16-32)24(22-10-11-25-26(17-22)36-20-35-25)18-27(37-29)28(33)31-14-12-30(13-15-31)19-21-7-4-3-5-8-21/h3-5,7-8,10-11,17-18,23-24,29,32H,2,6,9,12-16,19-20H2,1H3/t23-,24-,29-/m1/s1. The van der Waals surface area contributed by atoms with E-state index in [2.05, 4.69) is 29.2 Å². The van der Waals surface area contributed by atoms with Gasteiger partial charge in [0.15, 0.2) is 17.3 Å². The number of hydrogen-bond acceptors (Lipinski definition) is 7. The molecule has 8 nitrogen and oxygen atoms in total. The van der Waals surface area contributed by atoms with Crippen LogP contribution in [0, 0.1) is 5.92 Å². The highest BCUT2D eigenvalue weighted by atomic mass is 16.7. The third-order valence-electron chi connectivity index (χ3n) is 7.31. The molecule has 0 aliphatic carbocycles. The fourth-order valence-corrected chi connectivity index (χ4v) is 5.36. The highest BCUT2D eigenvalue weighted by molar-refractivity contribution is 5.92. The van der Waals surface area contributed by atoms with E-state index in [1.54, 1.807) is 0 Å². The van der Waals surface area contributed by atoms with Gasteiger partial charge in [0.25, 0.3) is 5.91 Å². The van der Waals surface area contributed by atoms with Crippen molar-refractivity contribution in [2.24, 2.45) is 5.92 Å². The molecule has 37 heavy (non-hydrogen) atoms. The molecule has 3 aliphatic heterocycles. The van der Waals surface area contributed by atoms with Gasteiger partial charge in [-0.15, -0.1) is 0 Å². The smallest absolute Gasteiger partial charge is 0.288 e. The second-order valence-electron chi connectivity index (χ2n) is 9.69. The Morgan fingerprint density at radius 2 is 1.84 bits per heavy atom. The molecule has 2 aromatic carbocycles. The second kappa shape index (κ2) is 12.0. The second-order valence-corrected chi connectivity index (χ2v) is 9.69. The Kier molecular flexibility index (Phi) is 8.28. The summed E-state index contributed by atoms with van der Waals surface area (Å²) < 4.78 is 23.3. The molecule has 1 saturated heterocycles. The Balaban J connectivity index is 1.34. The van der Waals surface area contributed by atoms with Crippen molar-refractivity contribution in [3.63, 3.8) is 0 Å². The average Bonchev–Trinajstić information content (AvgIpc) is 3.41. The zero-order valence-electron chi connectivity index (χ0n) is 21.4. The number of carbonyl (C=O) groups excluding carboxylic acids is 1. The number of hydrogen-bond donors (Lipinski definition) is 1. The topological polar surface area (TPSA) is 80.7 Å². The summed E-state index contributed by atoms with van der Waals surface area (Å²) in [6, 6.07) is 16.3. The average molecular weight is 509 g/mol. The van der Waals surface area contributed by atoms with Crippen LogP contribution in [0.15, 0.2) is 60.4 Å². The minimum atomic E-state index is -0.574. The summed E-state index contributed by atoms with van der Waals surface area (Å²) in [6.07, 6.45) is 2.69. The van der Waals surface area contributed by atoms with Crippen molar-refractivity contribution in [3.05, 3.63) is 71.5 Å². The molecule has 8 heteroatoms. The first-order chi connectivity index (χ1) is 18.2. The van der Waals surface area contributed by atoms with E-state index in [0.29, 0.717) is 44.0 Å². The van der Waals surface area contributed by atoms with Gasteiger partial charge in [0.05, 0.1) is 0 Å². The summed E-state index contributed by atoms with van der Waals surface area (Å²) in [6.45, 7) is 6.49. The molecule has 198 valence electrons. The first kappa shape index (κ1) is 25.6. The molecular formula is C29H36N2O6. The van der Waals surface area contributed by atoms with Crippen LogP contribution in [0.4, 0.5) is 0 Å². The van der Waals surface area contributed by atoms with Crippen molar-refractivity contribution in [2.45, 2.75) is 38.5 Å². The van der Waals surface area contributed by atoms with Crippen LogP contribution in [0.25, 0.3) is 0 Å². The molecular weight excluding hydrogens is 472 g/mol. The van der Waals surface area contributed by atoms with Gasteiger partial charge < -0.3 is 29.0 Å². The molecule has 1 amide bonds. The SMILES string of the molecule is CCO[C@@H]1OC(C(=O)N2CCN(Cc3ccccc3)CC2)=C[C@H](c2ccc3c(c2)OCO3)[C@H]1CCCO. The van der Waals surface area contributed by atoms with Gasteiger partial charge in [-0.05, 0) is 49.1 Å². The zero-order valence-corrected chi connectivity index (χ0v) is 21.4. The Morgan fingerprint density at radius 1 is 1.05 bits per heavy atom. The first-order valence-electron chi connectivity index (χ1n) is 13.2. The number of fused-ring (bicyclic) bond motifs is 1. The van der Waals surface area contributed by atoms with Crippen LogP contribution in [0.1, 0.15) is 36.8 Å². The number of benzene rings is 2. The number of rotatable bonds is 9. The quantitative estimate of drug-likeness (QED) is 0.555. The van der Waals surface area contributed by atoms with Crippen LogP contribution in [0.3, 0.4) is 0 Å². The summed E-state index contributed by atoms with van der Waals surface area (Å²) >= 11 is 0. The van der Waals surface area contributed by atoms with E-state index in [9.17, 15) is 9.90 Å². The molecule has 3 aliphatic rings. The number of piperazine rings is 1. The van der Waals surface area contributed by atoms with Crippen molar-refractivity contribution in [1.82, 2.24) is 9.80 Å². The van der Waals surface area contributed by atoms with Crippen LogP contribution < -0.4 is 9.47 Å². The predicted molar refractivity (Wildman–Crippen MR) is 138 cm³/mol. The van der Waals surface area contributed by atoms with Gasteiger partial charge in [-0.1, -0.05) is 36.4 Å². The monoisotopic (exact) mass is 508 g/mol. The summed E-state index contributed by atoms with van der Waals surface area (Å²) in [4.78, 5) is 17.9. The molecule has 3 atom stereocenters. The largest absolute Gasteiger partial charge is 0.459 e. The summed E-state index contributed by atoms with van der Waals surface area (Å²) in [7, 11) is 0. The summed E-state index contributed by atoms with van der Waals surface area (Å²) in [5.41, 5.74) is 2.29. The van der Waals surface area contributed by atoms with Crippen LogP contribution in [-0.2, 0) is 20.8 Å². The van der Waals surface area contributed by atoms with Gasteiger partial charge in [0.1, 0.15) is 0 Å². The fraction of sp³-hybridized carbons (Fsp3) is 0.483.